The number of carbonyl (C=O) groups excluding carboxylic acids is 1. The topological polar surface area (TPSA) is 110 Å². The van der Waals surface area contributed by atoms with Crippen molar-refractivity contribution in [1.29, 1.82) is 5.26 Å². The van der Waals surface area contributed by atoms with Gasteiger partial charge in [0, 0.05) is 45.3 Å². The van der Waals surface area contributed by atoms with Crippen molar-refractivity contribution in [3.8, 4) is 6.07 Å². The van der Waals surface area contributed by atoms with Crippen molar-refractivity contribution in [3.05, 3.63) is 62.0 Å². The second kappa shape index (κ2) is 10.7. The highest BCUT2D eigenvalue weighted by Gasteiger charge is 2.33. The Morgan fingerprint density at radius 1 is 1.22 bits per heavy atom. The van der Waals surface area contributed by atoms with Crippen LogP contribution in [0, 0.1) is 24.1 Å². The van der Waals surface area contributed by atoms with Crippen molar-refractivity contribution in [2.45, 2.75) is 13.3 Å². The number of carboxylic acid groups (broad SMARTS) is 1. The van der Waals surface area contributed by atoms with Crippen molar-refractivity contribution < 1.29 is 19.1 Å². The number of nitrogens with zero attached hydrogens (tertiary/aromatic N) is 5. The Hall–Kier alpha value is -3.69. The first-order chi connectivity index (χ1) is 17.6. The minimum Gasteiger partial charge on any atom is -0.481 e. The van der Waals surface area contributed by atoms with E-state index in [2.05, 4.69) is 0 Å². The van der Waals surface area contributed by atoms with Gasteiger partial charge in [0.1, 0.15) is 27.6 Å². The van der Waals surface area contributed by atoms with Crippen molar-refractivity contribution in [2.75, 3.05) is 42.5 Å². The molecule has 192 valence electrons. The maximum atomic E-state index is 14.3. The van der Waals surface area contributed by atoms with E-state index >= 15 is 0 Å². The summed E-state index contributed by atoms with van der Waals surface area (Å²) in [5.41, 5.74) is 1.02. The van der Waals surface area contributed by atoms with Crippen LogP contribution in [0.25, 0.3) is 6.08 Å². The Balaban J connectivity index is 1.71. The number of nitriles is 1. The predicted octanol–water partition coefficient (Wildman–Crippen LogP) is 2.71. The number of para-hydroxylation sites is 1. The molecule has 1 aromatic carbocycles. The van der Waals surface area contributed by atoms with Gasteiger partial charge in [-0.1, -0.05) is 36.1 Å². The van der Waals surface area contributed by atoms with Crippen LogP contribution in [0.4, 0.5) is 15.9 Å². The van der Waals surface area contributed by atoms with Gasteiger partial charge in [0.05, 0.1) is 17.0 Å². The third kappa shape index (κ3) is 5.10. The molecule has 0 aliphatic carbocycles. The Kier molecular flexibility index (Phi) is 7.65. The van der Waals surface area contributed by atoms with Gasteiger partial charge in [0.25, 0.3) is 11.5 Å². The zero-order valence-corrected chi connectivity index (χ0v) is 21.9. The van der Waals surface area contributed by atoms with Crippen LogP contribution in [0.1, 0.15) is 23.1 Å². The molecule has 1 amide bonds. The van der Waals surface area contributed by atoms with Crippen molar-refractivity contribution in [2.24, 2.45) is 7.05 Å². The summed E-state index contributed by atoms with van der Waals surface area (Å²) >= 11 is 6.35. The summed E-state index contributed by atoms with van der Waals surface area (Å²) in [7, 11) is 1.58. The van der Waals surface area contributed by atoms with Crippen LogP contribution in [-0.4, -0.2) is 63.5 Å². The average molecular weight is 542 g/mol. The maximum absolute atomic E-state index is 14.3. The molecule has 2 saturated heterocycles. The van der Waals surface area contributed by atoms with Crippen LogP contribution in [-0.2, 0) is 16.6 Å². The van der Waals surface area contributed by atoms with Gasteiger partial charge in [-0.25, -0.2) is 4.39 Å². The van der Waals surface area contributed by atoms with E-state index in [1.807, 2.05) is 15.9 Å². The lowest BCUT2D eigenvalue weighted by Gasteiger charge is -2.38. The molecular formula is C25H24FN5O4S2. The van der Waals surface area contributed by atoms with E-state index in [9.17, 15) is 24.0 Å². The lowest BCUT2D eigenvalue weighted by atomic mass is 10.0. The number of hydrogen-bond acceptors (Lipinski definition) is 8. The van der Waals surface area contributed by atoms with Crippen molar-refractivity contribution >= 4 is 57.8 Å². The number of pyridine rings is 1. The second-order valence-electron chi connectivity index (χ2n) is 8.62. The lowest BCUT2D eigenvalue weighted by Crippen LogP contribution is -2.48. The van der Waals surface area contributed by atoms with Gasteiger partial charge in [-0.15, -0.1) is 0 Å². The molecule has 0 radical (unpaired) electrons. The fourth-order valence-corrected chi connectivity index (χ4v) is 5.78. The van der Waals surface area contributed by atoms with Gasteiger partial charge < -0.3 is 14.9 Å². The second-order valence-corrected chi connectivity index (χ2v) is 10.3. The molecular weight excluding hydrogens is 517 g/mol. The molecule has 0 spiro atoms. The minimum atomic E-state index is -1.04. The van der Waals surface area contributed by atoms with Gasteiger partial charge in [0.2, 0.25) is 0 Å². The minimum absolute atomic E-state index is 0.0242. The van der Waals surface area contributed by atoms with E-state index in [0.717, 1.165) is 11.8 Å². The number of thiocarbonyl (C=S) groups is 1. The molecule has 0 unspecified atom stereocenters. The molecule has 1 N–H and O–H groups in total. The summed E-state index contributed by atoms with van der Waals surface area (Å²) < 4.78 is 16.0. The van der Waals surface area contributed by atoms with Crippen molar-refractivity contribution in [3.63, 3.8) is 0 Å². The number of carbonyl (C=O) groups is 2. The van der Waals surface area contributed by atoms with Gasteiger partial charge in [-0.2, -0.15) is 5.26 Å². The van der Waals surface area contributed by atoms with Crippen LogP contribution in [0.2, 0.25) is 0 Å². The van der Waals surface area contributed by atoms with E-state index in [1.165, 1.54) is 15.5 Å². The Labute approximate surface area is 222 Å². The summed E-state index contributed by atoms with van der Waals surface area (Å²) in [6, 6.07) is 8.54. The smallest absolute Gasteiger partial charge is 0.305 e. The molecule has 0 saturated carbocycles. The standard InChI is InChI=1S/C25H24FN5O4S2/c1-15-16(13-20-24(35)31(25(36)37-20)8-7-21(32)33)22(28(2)23(34)17(15)14-27)30-11-9-29(10-12-30)19-6-4-3-5-18(19)26/h3-6,13H,7-12H2,1-2H3,(H,32,33)/b20-13+. The van der Waals surface area contributed by atoms with Gasteiger partial charge in [-0.05, 0) is 30.7 Å². The molecule has 2 aliphatic rings. The van der Waals surface area contributed by atoms with Crippen LogP contribution in [0.15, 0.2) is 34.0 Å². The summed E-state index contributed by atoms with van der Waals surface area (Å²) in [5.74, 6) is -1.21. The van der Waals surface area contributed by atoms with E-state index < -0.39 is 17.4 Å². The number of aromatic nitrogens is 1. The van der Waals surface area contributed by atoms with Gasteiger partial charge in [-0.3, -0.25) is 23.9 Å². The van der Waals surface area contributed by atoms with E-state index in [4.69, 9.17) is 17.3 Å². The number of halogens is 1. The molecule has 37 heavy (non-hydrogen) atoms. The molecule has 0 atom stereocenters. The molecule has 12 heteroatoms. The zero-order chi connectivity index (χ0) is 26.9. The molecule has 4 rings (SSSR count). The molecule has 1 aromatic heterocycles. The van der Waals surface area contributed by atoms with Crippen LogP contribution >= 0.6 is 24.0 Å². The molecule has 2 fully saturated rings. The third-order valence-corrected chi connectivity index (χ3v) is 7.82. The third-order valence-electron chi connectivity index (χ3n) is 6.44. The Morgan fingerprint density at radius 3 is 2.49 bits per heavy atom. The maximum Gasteiger partial charge on any atom is 0.305 e. The number of piperazine rings is 1. The lowest BCUT2D eigenvalue weighted by molar-refractivity contribution is -0.137. The number of rotatable bonds is 6. The van der Waals surface area contributed by atoms with Gasteiger partial charge >= 0.3 is 5.97 Å². The highest BCUT2D eigenvalue weighted by atomic mass is 32.2. The molecule has 9 nitrogen and oxygen atoms in total. The quantitative estimate of drug-likeness (QED) is 0.436. The van der Waals surface area contributed by atoms with Gasteiger partial charge in [0.15, 0.2) is 0 Å². The molecule has 0 bridgehead atoms. The largest absolute Gasteiger partial charge is 0.481 e. The highest BCUT2D eigenvalue weighted by molar-refractivity contribution is 8.26. The molecule has 2 aromatic rings. The van der Waals surface area contributed by atoms with Crippen LogP contribution in [0.5, 0.6) is 0 Å². The fourth-order valence-electron chi connectivity index (χ4n) is 4.49. The monoisotopic (exact) mass is 541 g/mol. The summed E-state index contributed by atoms with van der Waals surface area (Å²) in [6.07, 6.45) is 1.38. The first-order valence-electron chi connectivity index (χ1n) is 11.5. The van der Waals surface area contributed by atoms with Crippen LogP contribution < -0.4 is 15.4 Å². The molecule has 2 aliphatic heterocycles. The first-order valence-corrected chi connectivity index (χ1v) is 12.7. The molecule has 3 heterocycles. The Bertz CT molecular complexity index is 1420. The number of anilines is 2. The Morgan fingerprint density at radius 2 is 1.86 bits per heavy atom. The van der Waals surface area contributed by atoms with E-state index in [-0.39, 0.29) is 33.6 Å². The summed E-state index contributed by atoms with van der Waals surface area (Å²) in [5, 5.41) is 18.6. The number of aliphatic carboxylic acids is 1. The number of benzene rings is 1. The van der Waals surface area contributed by atoms with E-state index in [1.54, 1.807) is 38.2 Å². The van der Waals surface area contributed by atoms with Crippen LogP contribution in [0.3, 0.4) is 0 Å². The summed E-state index contributed by atoms with van der Waals surface area (Å²) in [4.78, 5) is 42.5. The fraction of sp³-hybridized carbons (Fsp3) is 0.320. The number of thioether (sulfide) groups is 1. The normalized spacial score (nSPS) is 17.0. The average Bonchev–Trinajstić information content (AvgIpc) is 3.14. The highest BCUT2D eigenvalue weighted by Crippen LogP contribution is 2.36. The number of hydrogen-bond donors (Lipinski definition) is 1. The van der Waals surface area contributed by atoms with Crippen molar-refractivity contribution in [1.82, 2.24) is 9.47 Å². The summed E-state index contributed by atoms with van der Waals surface area (Å²) in [6.45, 7) is 3.59. The number of carboxylic acids is 1. The first kappa shape index (κ1) is 26.4. The van der Waals surface area contributed by atoms with E-state index in [0.29, 0.717) is 48.8 Å². The predicted molar refractivity (Wildman–Crippen MR) is 144 cm³/mol. The SMILES string of the molecule is Cc1c(/C=C2/SC(=S)N(CCC(=O)O)C2=O)c(N2CCN(c3ccccc3F)CC2)n(C)c(=O)c1C#N. The number of amides is 1. The zero-order valence-electron chi connectivity index (χ0n) is 20.2.